The highest BCUT2D eigenvalue weighted by Gasteiger charge is 2.36. The number of carbonyl (C=O) groups excluding carboxylic acids is 1. The predicted molar refractivity (Wildman–Crippen MR) is 92.5 cm³/mol. The van der Waals surface area contributed by atoms with E-state index in [1.54, 1.807) is 0 Å². The van der Waals surface area contributed by atoms with Gasteiger partial charge in [0.05, 0.1) is 5.56 Å². The second kappa shape index (κ2) is 7.49. The third-order valence-corrected chi connectivity index (χ3v) is 4.53. The summed E-state index contributed by atoms with van der Waals surface area (Å²) in [6, 6.07) is 8.26. The fourth-order valence-corrected chi connectivity index (χ4v) is 3.19. The standard InChI is InChI=1S/C19H16F6N2O2/c1-12-15(18(20,21)22)3-2-4-16(12)27-10-9-26(17(27)28)11-13-5-7-14(8-6-13)29-19(23,24)25/h2-8H,9-11H2,1H3. The number of amides is 2. The first kappa shape index (κ1) is 20.8. The summed E-state index contributed by atoms with van der Waals surface area (Å²) in [4.78, 5) is 15.4. The molecule has 1 fully saturated rings. The van der Waals surface area contributed by atoms with Crippen molar-refractivity contribution < 1.29 is 35.9 Å². The Balaban J connectivity index is 1.73. The number of rotatable bonds is 4. The largest absolute Gasteiger partial charge is 0.573 e. The van der Waals surface area contributed by atoms with E-state index in [0.29, 0.717) is 5.56 Å². The van der Waals surface area contributed by atoms with Gasteiger partial charge < -0.3 is 9.64 Å². The summed E-state index contributed by atoms with van der Waals surface area (Å²) in [5, 5.41) is 0. The van der Waals surface area contributed by atoms with Crippen molar-refractivity contribution in [1.29, 1.82) is 0 Å². The van der Waals surface area contributed by atoms with E-state index in [2.05, 4.69) is 4.74 Å². The number of benzene rings is 2. The highest BCUT2D eigenvalue weighted by atomic mass is 19.4. The van der Waals surface area contributed by atoms with Gasteiger partial charge in [0.15, 0.2) is 0 Å². The zero-order chi connectivity index (χ0) is 21.4. The molecule has 29 heavy (non-hydrogen) atoms. The van der Waals surface area contributed by atoms with Gasteiger partial charge in [-0.1, -0.05) is 18.2 Å². The van der Waals surface area contributed by atoms with Crippen LogP contribution < -0.4 is 9.64 Å². The second-order valence-electron chi connectivity index (χ2n) is 6.49. The van der Waals surface area contributed by atoms with E-state index in [1.807, 2.05) is 0 Å². The van der Waals surface area contributed by atoms with Crippen molar-refractivity contribution in [3.63, 3.8) is 0 Å². The summed E-state index contributed by atoms with van der Waals surface area (Å²) in [5.74, 6) is -0.379. The number of ether oxygens (including phenoxy) is 1. The van der Waals surface area contributed by atoms with Crippen LogP contribution in [0.1, 0.15) is 16.7 Å². The summed E-state index contributed by atoms with van der Waals surface area (Å²) < 4.78 is 79.8. The van der Waals surface area contributed by atoms with Crippen LogP contribution in [0.3, 0.4) is 0 Å². The Labute approximate surface area is 162 Å². The lowest BCUT2D eigenvalue weighted by Crippen LogP contribution is -2.32. The van der Waals surface area contributed by atoms with Crippen LogP contribution in [-0.2, 0) is 12.7 Å². The molecule has 0 radical (unpaired) electrons. The molecule has 0 unspecified atom stereocenters. The number of halogens is 6. The van der Waals surface area contributed by atoms with Gasteiger partial charge >= 0.3 is 18.6 Å². The minimum Gasteiger partial charge on any atom is -0.406 e. The van der Waals surface area contributed by atoms with Crippen LogP contribution in [0.5, 0.6) is 5.75 Å². The molecule has 0 N–H and O–H groups in total. The van der Waals surface area contributed by atoms with Gasteiger partial charge in [0.2, 0.25) is 0 Å². The fraction of sp³-hybridized carbons (Fsp3) is 0.316. The molecular formula is C19H16F6N2O2. The van der Waals surface area contributed by atoms with Gasteiger partial charge in [0, 0.05) is 25.3 Å². The molecular weight excluding hydrogens is 402 g/mol. The maximum atomic E-state index is 13.1. The maximum Gasteiger partial charge on any atom is 0.573 e. The highest BCUT2D eigenvalue weighted by molar-refractivity contribution is 5.95. The first-order valence-electron chi connectivity index (χ1n) is 8.53. The molecule has 1 heterocycles. The molecule has 2 amide bonds. The third kappa shape index (κ3) is 4.75. The van der Waals surface area contributed by atoms with Gasteiger partial charge in [0.25, 0.3) is 0 Å². The van der Waals surface area contributed by atoms with E-state index < -0.39 is 24.1 Å². The van der Waals surface area contributed by atoms with Crippen molar-refractivity contribution in [2.24, 2.45) is 0 Å². The Morgan fingerprint density at radius 3 is 2.21 bits per heavy atom. The fourth-order valence-electron chi connectivity index (χ4n) is 3.19. The van der Waals surface area contributed by atoms with Crippen molar-refractivity contribution in [1.82, 2.24) is 4.90 Å². The minimum absolute atomic E-state index is 0.0381. The molecule has 1 aliphatic heterocycles. The summed E-state index contributed by atoms with van der Waals surface area (Å²) in [7, 11) is 0. The monoisotopic (exact) mass is 418 g/mol. The van der Waals surface area contributed by atoms with Crippen LogP contribution in [0.15, 0.2) is 42.5 Å². The molecule has 0 bridgehead atoms. The van der Waals surface area contributed by atoms with Crippen LogP contribution in [0.2, 0.25) is 0 Å². The van der Waals surface area contributed by atoms with Gasteiger partial charge in [-0.3, -0.25) is 4.90 Å². The van der Waals surface area contributed by atoms with Crippen molar-refractivity contribution in [2.75, 3.05) is 18.0 Å². The smallest absolute Gasteiger partial charge is 0.406 e. The number of alkyl halides is 6. The first-order valence-corrected chi connectivity index (χ1v) is 8.53. The number of nitrogens with zero attached hydrogens (tertiary/aromatic N) is 2. The average molecular weight is 418 g/mol. The van der Waals surface area contributed by atoms with E-state index in [1.165, 1.54) is 41.0 Å². The lowest BCUT2D eigenvalue weighted by molar-refractivity contribution is -0.274. The molecule has 0 aromatic heterocycles. The molecule has 0 atom stereocenters. The molecule has 0 aliphatic carbocycles. The molecule has 1 aliphatic rings. The van der Waals surface area contributed by atoms with Gasteiger partial charge in [-0.15, -0.1) is 13.2 Å². The van der Waals surface area contributed by atoms with E-state index in [0.717, 1.165) is 18.2 Å². The van der Waals surface area contributed by atoms with E-state index in [-0.39, 0.29) is 36.6 Å². The lowest BCUT2D eigenvalue weighted by atomic mass is 10.1. The average Bonchev–Trinajstić information content (AvgIpc) is 2.95. The predicted octanol–water partition coefficient (Wildman–Crippen LogP) is 5.35. The summed E-state index contributed by atoms with van der Waals surface area (Å²) in [6.07, 6.45) is -9.32. The van der Waals surface area contributed by atoms with Crippen molar-refractivity contribution >= 4 is 11.7 Å². The Hall–Kier alpha value is -2.91. The van der Waals surface area contributed by atoms with Crippen LogP contribution in [0, 0.1) is 6.92 Å². The maximum absolute atomic E-state index is 13.1. The SMILES string of the molecule is Cc1c(N2CCN(Cc3ccc(OC(F)(F)F)cc3)C2=O)cccc1C(F)(F)F. The molecule has 0 spiro atoms. The highest BCUT2D eigenvalue weighted by Crippen LogP contribution is 2.36. The van der Waals surface area contributed by atoms with Crippen LogP contribution in [0.25, 0.3) is 0 Å². The van der Waals surface area contributed by atoms with Gasteiger partial charge in [0.1, 0.15) is 5.75 Å². The summed E-state index contributed by atoms with van der Waals surface area (Å²) in [5.41, 5.74) is -0.0953. The van der Waals surface area contributed by atoms with E-state index in [4.69, 9.17) is 0 Å². The molecule has 2 aromatic carbocycles. The molecule has 156 valence electrons. The summed E-state index contributed by atoms with van der Waals surface area (Å²) in [6.45, 7) is 1.90. The molecule has 0 saturated carbocycles. The molecule has 2 aromatic rings. The van der Waals surface area contributed by atoms with Gasteiger partial charge in [-0.25, -0.2) is 4.79 Å². The quantitative estimate of drug-likeness (QED) is 0.627. The Morgan fingerprint density at radius 1 is 0.966 bits per heavy atom. The van der Waals surface area contributed by atoms with Gasteiger partial charge in [-0.2, -0.15) is 13.2 Å². The Morgan fingerprint density at radius 2 is 1.62 bits per heavy atom. The van der Waals surface area contributed by atoms with Crippen molar-refractivity contribution in [3.8, 4) is 5.75 Å². The van der Waals surface area contributed by atoms with Gasteiger partial charge in [-0.05, 0) is 42.3 Å². The first-order chi connectivity index (χ1) is 13.5. The summed E-state index contributed by atoms with van der Waals surface area (Å²) >= 11 is 0. The molecule has 3 rings (SSSR count). The normalized spacial score (nSPS) is 15.2. The third-order valence-electron chi connectivity index (χ3n) is 4.53. The van der Waals surface area contributed by atoms with Crippen molar-refractivity contribution in [3.05, 3.63) is 59.2 Å². The number of carbonyl (C=O) groups is 1. The zero-order valence-corrected chi connectivity index (χ0v) is 15.1. The lowest BCUT2D eigenvalue weighted by Gasteiger charge is -2.22. The molecule has 4 nitrogen and oxygen atoms in total. The number of hydrogen-bond acceptors (Lipinski definition) is 2. The molecule has 10 heteroatoms. The number of hydrogen-bond donors (Lipinski definition) is 0. The topological polar surface area (TPSA) is 32.8 Å². The zero-order valence-electron chi connectivity index (χ0n) is 15.1. The van der Waals surface area contributed by atoms with Crippen LogP contribution >= 0.6 is 0 Å². The number of anilines is 1. The van der Waals surface area contributed by atoms with Crippen molar-refractivity contribution in [2.45, 2.75) is 26.0 Å². The second-order valence-corrected chi connectivity index (χ2v) is 6.49. The molecule has 1 saturated heterocycles. The Kier molecular flexibility index (Phi) is 5.38. The van der Waals surface area contributed by atoms with Crippen LogP contribution in [-0.4, -0.2) is 30.4 Å². The van der Waals surface area contributed by atoms with Crippen LogP contribution in [0.4, 0.5) is 36.8 Å². The van der Waals surface area contributed by atoms with E-state index >= 15 is 0 Å². The Bertz CT molecular complexity index is 893. The number of urea groups is 1. The van der Waals surface area contributed by atoms with E-state index in [9.17, 15) is 31.1 Å². The minimum atomic E-state index is -4.80.